The SMILES string of the molecule is CCCCCSc1nsc(NC(=O)NCCCN(C)C)c1C(N)=O. The second kappa shape index (κ2) is 11.3. The van der Waals surface area contributed by atoms with Crippen LogP contribution in [0.15, 0.2) is 5.03 Å². The van der Waals surface area contributed by atoms with Crippen LogP contribution in [0.25, 0.3) is 0 Å². The van der Waals surface area contributed by atoms with Gasteiger partial charge in [-0.05, 0) is 50.8 Å². The molecule has 7 nitrogen and oxygen atoms in total. The van der Waals surface area contributed by atoms with E-state index in [0.29, 0.717) is 22.1 Å². The van der Waals surface area contributed by atoms with E-state index in [4.69, 9.17) is 5.73 Å². The Kier molecular flexibility index (Phi) is 9.73. The van der Waals surface area contributed by atoms with Crippen molar-refractivity contribution in [2.45, 2.75) is 37.6 Å². The van der Waals surface area contributed by atoms with Gasteiger partial charge in [-0.3, -0.25) is 10.1 Å². The fourth-order valence-corrected chi connectivity index (χ4v) is 3.91. The Labute approximate surface area is 151 Å². The van der Waals surface area contributed by atoms with Crippen LogP contribution >= 0.6 is 23.3 Å². The van der Waals surface area contributed by atoms with Crippen LogP contribution in [-0.2, 0) is 0 Å². The van der Waals surface area contributed by atoms with Gasteiger partial charge in [-0.25, -0.2) is 4.79 Å². The Bertz CT molecular complexity index is 534. The van der Waals surface area contributed by atoms with E-state index in [2.05, 4.69) is 26.8 Å². The highest BCUT2D eigenvalue weighted by Gasteiger charge is 2.20. The molecule has 3 amide bonds. The Hall–Kier alpha value is -1.32. The number of amides is 3. The van der Waals surface area contributed by atoms with Gasteiger partial charge in [0, 0.05) is 6.54 Å². The highest BCUT2D eigenvalue weighted by Crippen LogP contribution is 2.32. The molecule has 0 unspecified atom stereocenters. The number of hydrogen-bond donors (Lipinski definition) is 3. The second-order valence-electron chi connectivity index (χ2n) is 5.65. The fraction of sp³-hybridized carbons (Fsp3) is 0.667. The summed E-state index contributed by atoms with van der Waals surface area (Å²) in [5, 5.41) is 6.46. The van der Waals surface area contributed by atoms with Crippen molar-refractivity contribution in [2.24, 2.45) is 5.73 Å². The normalized spacial score (nSPS) is 10.8. The molecule has 1 aromatic heterocycles. The Morgan fingerprint density at radius 2 is 2.04 bits per heavy atom. The summed E-state index contributed by atoms with van der Waals surface area (Å²) in [6.07, 6.45) is 4.20. The van der Waals surface area contributed by atoms with E-state index < -0.39 is 5.91 Å². The number of rotatable bonds is 11. The summed E-state index contributed by atoms with van der Waals surface area (Å²) in [5.41, 5.74) is 5.77. The van der Waals surface area contributed by atoms with Gasteiger partial charge in [-0.1, -0.05) is 19.8 Å². The van der Waals surface area contributed by atoms with Crippen molar-refractivity contribution in [3.8, 4) is 0 Å². The van der Waals surface area contributed by atoms with Crippen molar-refractivity contribution in [1.82, 2.24) is 14.6 Å². The molecule has 0 saturated carbocycles. The van der Waals surface area contributed by atoms with Gasteiger partial charge < -0.3 is 16.0 Å². The third-order valence-corrected chi connectivity index (χ3v) is 5.13. The molecule has 136 valence electrons. The predicted molar refractivity (Wildman–Crippen MR) is 101 cm³/mol. The predicted octanol–water partition coefficient (Wildman–Crippen LogP) is 2.60. The number of hydrogen-bond acceptors (Lipinski definition) is 6. The summed E-state index contributed by atoms with van der Waals surface area (Å²) < 4.78 is 4.26. The first-order valence-corrected chi connectivity index (χ1v) is 9.83. The van der Waals surface area contributed by atoms with Crippen LogP contribution in [0.5, 0.6) is 0 Å². The van der Waals surface area contributed by atoms with E-state index in [1.807, 2.05) is 14.1 Å². The number of urea groups is 1. The molecule has 0 bridgehead atoms. The van der Waals surface area contributed by atoms with Crippen molar-refractivity contribution in [3.63, 3.8) is 0 Å². The van der Waals surface area contributed by atoms with E-state index in [-0.39, 0.29) is 6.03 Å². The van der Waals surface area contributed by atoms with Crippen LogP contribution in [0.2, 0.25) is 0 Å². The number of aromatic nitrogens is 1. The number of primary amides is 1. The standard InChI is InChI=1S/C15H27N5O2S2/c1-4-5-6-10-23-14-11(12(16)21)13(24-19-14)18-15(22)17-8-7-9-20(2)3/h4-10H2,1-3H3,(H2,16,21)(H2,17,18,22). The Morgan fingerprint density at radius 3 is 2.67 bits per heavy atom. The molecule has 0 saturated heterocycles. The van der Waals surface area contributed by atoms with Crippen molar-refractivity contribution >= 4 is 40.2 Å². The van der Waals surface area contributed by atoms with Gasteiger partial charge in [0.25, 0.3) is 5.91 Å². The summed E-state index contributed by atoms with van der Waals surface area (Å²) in [6, 6.07) is -0.345. The number of carbonyl (C=O) groups is 2. The third kappa shape index (κ3) is 7.50. The van der Waals surface area contributed by atoms with Crippen molar-refractivity contribution in [2.75, 3.05) is 38.3 Å². The van der Waals surface area contributed by atoms with Crippen LogP contribution in [0, 0.1) is 0 Å². The topological polar surface area (TPSA) is 100 Å². The Morgan fingerprint density at radius 1 is 1.29 bits per heavy atom. The smallest absolute Gasteiger partial charge is 0.319 e. The van der Waals surface area contributed by atoms with Crippen molar-refractivity contribution < 1.29 is 9.59 Å². The van der Waals surface area contributed by atoms with Gasteiger partial charge in [0.05, 0.1) is 0 Å². The lowest BCUT2D eigenvalue weighted by Crippen LogP contribution is -2.31. The number of thioether (sulfide) groups is 1. The average Bonchev–Trinajstić information content (AvgIpc) is 2.90. The number of nitrogens with one attached hydrogen (secondary N) is 2. The molecule has 1 rings (SSSR count). The Balaban J connectivity index is 2.56. The maximum absolute atomic E-state index is 11.9. The van der Waals surface area contributed by atoms with Gasteiger partial charge >= 0.3 is 6.03 Å². The molecule has 0 aliphatic carbocycles. The highest BCUT2D eigenvalue weighted by molar-refractivity contribution is 7.99. The maximum Gasteiger partial charge on any atom is 0.319 e. The van der Waals surface area contributed by atoms with Gasteiger partial charge in [0.15, 0.2) is 0 Å². The van der Waals surface area contributed by atoms with Gasteiger partial charge in [-0.2, -0.15) is 4.37 Å². The monoisotopic (exact) mass is 373 g/mol. The van der Waals surface area contributed by atoms with E-state index in [1.165, 1.54) is 11.8 Å². The zero-order valence-corrected chi connectivity index (χ0v) is 16.2. The second-order valence-corrected chi connectivity index (χ2v) is 7.51. The molecular formula is C15H27N5O2S2. The molecule has 1 heterocycles. The largest absolute Gasteiger partial charge is 0.365 e. The zero-order chi connectivity index (χ0) is 17.9. The summed E-state index contributed by atoms with van der Waals surface area (Å²) in [4.78, 5) is 25.7. The number of anilines is 1. The molecule has 0 aliphatic heterocycles. The highest BCUT2D eigenvalue weighted by atomic mass is 32.2. The minimum atomic E-state index is -0.565. The van der Waals surface area contributed by atoms with Gasteiger partial charge in [0.1, 0.15) is 15.6 Å². The van der Waals surface area contributed by atoms with Crippen LogP contribution in [0.1, 0.15) is 43.0 Å². The quantitative estimate of drug-likeness (QED) is 0.409. The van der Waals surface area contributed by atoms with Gasteiger partial charge in [-0.15, -0.1) is 11.8 Å². The molecule has 24 heavy (non-hydrogen) atoms. The lowest BCUT2D eigenvalue weighted by Gasteiger charge is -2.10. The summed E-state index contributed by atoms with van der Waals surface area (Å²) in [7, 11) is 3.96. The molecule has 9 heteroatoms. The van der Waals surface area contributed by atoms with Crippen LogP contribution in [0.3, 0.4) is 0 Å². The first kappa shape index (κ1) is 20.7. The molecule has 0 aromatic carbocycles. The molecule has 0 atom stereocenters. The molecule has 0 fully saturated rings. The van der Waals surface area contributed by atoms with Crippen LogP contribution < -0.4 is 16.4 Å². The van der Waals surface area contributed by atoms with E-state index in [1.54, 1.807) is 0 Å². The molecule has 4 N–H and O–H groups in total. The zero-order valence-electron chi connectivity index (χ0n) is 14.6. The molecule has 0 radical (unpaired) electrons. The summed E-state index contributed by atoms with van der Waals surface area (Å²) in [5.74, 6) is 0.318. The average molecular weight is 374 g/mol. The fourth-order valence-electron chi connectivity index (χ4n) is 1.94. The minimum absolute atomic E-state index is 0.310. The van der Waals surface area contributed by atoms with Crippen LogP contribution in [0.4, 0.5) is 9.80 Å². The van der Waals surface area contributed by atoms with Crippen LogP contribution in [-0.4, -0.2) is 54.1 Å². The van der Waals surface area contributed by atoms with E-state index >= 15 is 0 Å². The number of carbonyl (C=O) groups excluding carboxylic acids is 2. The lowest BCUT2D eigenvalue weighted by molar-refractivity contribution is 0.0998. The molecule has 0 aliphatic rings. The maximum atomic E-state index is 11.9. The summed E-state index contributed by atoms with van der Waals surface area (Å²) in [6.45, 7) is 3.60. The molecule has 0 spiro atoms. The number of nitrogens with zero attached hydrogens (tertiary/aromatic N) is 2. The molecular weight excluding hydrogens is 346 g/mol. The number of unbranched alkanes of at least 4 members (excludes halogenated alkanes) is 2. The lowest BCUT2D eigenvalue weighted by atomic mass is 10.3. The van der Waals surface area contributed by atoms with Crippen molar-refractivity contribution in [1.29, 1.82) is 0 Å². The van der Waals surface area contributed by atoms with E-state index in [0.717, 1.165) is 49.5 Å². The minimum Gasteiger partial charge on any atom is -0.365 e. The van der Waals surface area contributed by atoms with Crippen molar-refractivity contribution in [3.05, 3.63) is 5.56 Å². The first-order valence-electron chi connectivity index (χ1n) is 8.07. The third-order valence-electron chi connectivity index (χ3n) is 3.19. The van der Waals surface area contributed by atoms with E-state index in [9.17, 15) is 9.59 Å². The van der Waals surface area contributed by atoms with Gasteiger partial charge in [0.2, 0.25) is 0 Å². The molecule has 1 aromatic rings. The number of nitrogens with two attached hydrogens (primary N) is 1. The summed E-state index contributed by atoms with van der Waals surface area (Å²) >= 11 is 2.60. The first-order chi connectivity index (χ1) is 11.5.